The lowest BCUT2D eigenvalue weighted by Crippen LogP contribution is -2.40. The molecule has 5 unspecified atom stereocenters. The van der Waals surface area contributed by atoms with E-state index in [4.69, 9.17) is 9.47 Å². The van der Waals surface area contributed by atoms with Gasteiger partial charge in [0.25, 0.3) is 0 Å². The molecule has 3 aliphatic rings. The van der Waals surface area contributed by atoms with Gasteiger partial charge in [0, 0.05) is 5.92 Å². The second-order valence-electron chi connectivity index (χ2n) is 7.53. The fraction of sp³-hybridized carbons (Fsp3) is 0.700. The van der Waals surface area contributed by atoms with Crippen molar-refractivity contribution in [3.8, 4) is 0 Å². The second-order valence-corrected chi connectivity index (χ2v) is 7.53. The molecule has 23 heavy (non-hydrogen) atoms. The van der Waals surface area contributed by atoms with Crippen molar-refractivity contribution in [2.45, 2.75) is 65.5 Å². The normalized spacial score (nSPS) is 37.0. The SMILES string of the molecule is CC(C)=CCCC1COC2OC(O)C3=CCC=C(C)CCC1C32. The molecule has 0 amide bonds. The maximum atomic E-state index is 10.3. The predicted molar refractivity (Wildman–Crippen MR) is 91.7 cm³/mol. The molecule has 128 valence electrons. The van der Waals surface area contributed by atoms with Crippen LogP contribution in [0.5, 0.6) is 0 Å². The van der Waals surface area contributed by atoms with Crippen molar-refractivity contribution in [1.29, 1.82) is 0 Å². The van der Waals surface area contributed by atoms with Crippen molar-refractivity contribution in [3.63, 3.8) is 0 Å². The van der Waals surface area contributed by atoms with Gasteiger partial charge in [0.2, 0.25) is 0 Å². The Morgan fingerprint density at radius 1 is 1.35 bits per heavy atom. The molecule has 3 nitrogen and oxygen atoms in total. The zero-order valence-electron chi connectivity index (χ0n) is 14.6. The third kappa shape index (κ3) is 3.78. The van der Waals surface area contributed by atoms with Gasteiger partial charge in [0.1, 0.15) is 0 Å². The Hall–Kier alpha value is -0.900. The molecule has 2 fully saturated rings. The summed E-state index contributed by atoms with van der Waals surface area (Å²) in [6.07, 6.45) is 11.2. The molecule has 3 heteroatoms. The van der Waals surface area contributed by atoms with Crippen LogP contribution in [0.1, 0.15) is 52.9 Å². The van der Waals surface area contributed by atoms with E-state index in [1.807, 2.05) is 0 Å². The number of aliphatic hydroxyl groups is 1. The van der Waals surface area contributed by atoms with Crippen LogP contribution in [0.4, 0.5) is 0 Å². The van der Waals surface area contributed by atoms with Gasteiger partial charge in [-0.1, -0.05) is 29.4 Å². The lowest BCUT2D eigenvalue weighted by atomic mass is 9.72. The van der Waals surface area contributed by atoms with Crippen LogP contribution < -0.4 is 0 Å². The van der Waals surface area contributed by atoms with Crippen LogP contribution in [0.3, 0.4) is 0 Å². The summed E-state index contributed by atoms with van der Waals surface area (Å²) >= 11 is 0. The smallest absolute Gasteiger partial charge is 0.180 e. The molecular formula is C20H30O3. The number of aliphatic hydroxyl groups excluding tert-OH is 1. The van der Waals surface area contributed by atoms with Crippen LogP contribution in [0.2, 0.25) is 0 Å². The minimum Gasteiger partial charge on any atom is -0.364 e. The average Bonchev–Trinajstić information content (AvgIpc) is 2.85. The first-order chi connectivity index (χ1) is 11.1. The highest BCUT2D eigenvalue weighted by Gasteiger charge is 2.49. The molecular weight excluding hydrogens is 288 g/mol. The van der Waals surface area contributed by atoms with E-state index in [9.17, 15) is 5.11 Å². The molecule has 1 aliphatic carbocycles. The molecule has 0 saturated carbocycles. The minimum atomic E-state index is -0.782. The van der Waals surface area contributed by atoms with E-state index in [0.29, 0.717) is 11.8 Å². The van der Waals surface area contributed by atoms with E-state index in [2.05, 4.69) is 39.0 Å². The van der Waals surface area contributed by atoms with Crippen LogP contribution in [-0.4, -0.2) is 24.3 Å². The van der Waals surface area contributed by atoms with Crippen molar-refractivity contribution in [3.05, 3.63) is 34.9 Å². The maximum absolute atomic E-state index is 10.3. The zero-order valence-corrected chi connectivity index (χ0v) is 14.6. The maximum Gasteiger partial charge on any atom is 0.180 e. The zero-order chi connectivity index (χ0) is 16.4. The molecule has 0 aromatic rings. The summed E-state index contributed by atoms with van der Waals surface area (Å²) in [5, 5.41) is 10.3. The first kappa shape index (κ1) is 16.9. The average molecular weight is 318 g/mol. The van der Waals surface area contributed by atoms with Crippen molar-refractivity contribution < 1.29 is 14.6 Å². The second kappa shape index (κ2) is 7.33. The van der Waals surface area contributed by atoms with Crippen LogP contribution in [0.15, 0.2) is 34.9 Å². The van der Waals surface area contributed by atoms with Gasteiger partial charge in [-0.2, -0.15) is 0 Å². The lowest BCUT2D eigenvalue weighted by molar-refractivity contribution is -0.224. The van der Waals surface area contributed by atoms with Gasteiger partial charge in [-0.05, 0) is 70.3 Å². The summed E-state index contributed by atoms with van der Waals surface area (Å²) < 4.78 is 11.7. The fourth-order valence-corrected chi connectivity index (χ4v) is 4.27. The number of hydrogen-bond acceptors (Lipinski definition) is 3. The Labute approximate surface area is 140 Å². The van der Waals surface area contributed by atoms with Crippen LogP contribution in [-0.2, 0) is 9.47 Å². The van der Waals surface area contributed by atoms with Gasteiger partial charge >= 0.3 is 0 Å². The van der Waals surface area contributed by atoms with E-state index in [-0.39, 0.29) is 12.2 Å². The molecule has 5 atom stereocenters. The molecule has 0 aromatic heterocycles. The number of rotatable bonds is 3. The summed E-state index contributed by atoms with van der Waals surface area (Å²) in [6, 6.07) is 0. The Morgan fingerprint density at radius 2 is 2.17 bits per heavy atom. The largest absolute Gasteiger partial charge is 0.364 e. The van der Waals surface area contributed by atoms with Gasteiger partial charge < -0.3 is 14.6 Å². The number of hydrogen-bond donors (Lipinski definition) is 1. The van der Waals surface area contributed by atoms with Crippen molar-refractivity contribution in [2.24, 2.45) is 17.8 Å². The summed E-state index contributed by atoms with van der Waals surface area (Å²) in [7, 11) is 0. The quantitative estimate of drug-likeness (QED) is 0.787. The van der Waals surface area contributed by atoms with E-state index in [1.165, 1.54) is 17.6 Å². The number of ether oxygens (including phenoxy) is 2. The van der Waals surface area contributed by atoms with Crippen molar-refractivity contribution >= 4 is 0 Å². The molecule has 2 saturated heterocycles. The Bertz CT molecular complexity index is 513. The topological polar surface area (TPSA) is 38.7 Å². The summed E-state index contributed by atoms with van der Waals surface area (Å²) in [5.74, 6) is 1.33. The van der Waals surface area contributed by atoms with E-state index in [0.717, 1.165) is 37.9 Å². The Balaban J connectivity index is 1.81. The third-order valence-electron chi connectivity index (χ3n) is 5.55. The van der Waals surface area contributed by atoms with E-state index < -0.39 is 6.29 Å². The molecule has 2 heterocycles. The fourth-order valence-electron chi connectivity index (χ4n) is 4.27. The Morgan fingerprint density at radius 3 is 2.96 bits per heavy atom. The van der Waals surface area contributed by atoms with Gasteiger partial charge in [-0.25, -0.2) is 0 Å². The summed E-state index contributed by atoms with van der Waals surface area (Å²) in [4.78, 5) is 0. The summed E-state index contributed by atoms with van der Waals surface area (Å²) in [6.45, 7) is 7.29. The Kier molecular flexibility index (Phi) is 5.40. The van der Waals surface area contributed by atoms with Gasteiger partial charge in [-0.3, -0.25) is 0 Å². The minimum absolute atomic E-state index is 0.231. The van der Waals surface area contributed by atoms with Gasteiger partial charge in [0.05, 0.1) is 6.61 Å². The highest BCUT2D eigenvalue weighted by Crippen LogP contribution is 2.47. The van der Waals surface area contributed by atoms with Gasteiger partial charge in [0.15, 0.2) is 12.6 Å². The van der Waals surface area contributed by atoms with Crippen LogP contribution in [0.25, 0.3) is 0 Å². The molecule has 0 bridgehead atoms. The first-order valence-corrected chi connectivity index (χ1v) is 9.00. The number of allylic oxidation sites excluding steroid dienone is 5. The van der Waals surface area contributed by atoms with Crippen molar-refractivity contribution in [1.82, 2.24) is 0 Å². The third-order valence-corrected chi connectivity index (χ3v) is 5.55. The molecule has 2 aliphatic heterocycles. The lowest BCUT2D eigenvalue weighted by Gasteiger charge is -2.39. The van der Waals surface area contributed by atoms with Gasteiger partial charge in [-0.15, -0.1) is 0 Å². The molecule has 0 aromatic carbocycles. The van der Waals surface area contributed by atoms with Crippen LogP contribution >= 0.6 is 0 Å². The van der Waals surface area contributed by atoms with E-state index in [1.54, 1.807) is 0 Å². The predicted octanol–water partition coefficient (Wildman–Crippen LogP) is 4.34. The molecule has 0 radical (unpaired) electrons. The molecule has 3 rings (SSSR count). The highest BCUT2D eigenvalue weighted by molar-refractivity contribution is 5.21. The van der Waals surface area contributed by atoms with Crippen molar-refractivity contribution in [2.75, 3.05) is 6.61 Å². The molecule has 0 spiro atoms. The summed E-state index contributed by atoms with van der Waals surface area (Å²) in [5.41, 5.74) is 3.90. The molecule has 1 N–H and O–H groups in total. The van der Waals surface area contributed by atoms with Crippen LogP contribution in [0, 0.1) is 17.8 Å². The monoisotopic (exact) mass is 318 g/mol. The standard InChI is InChI=1S/C20H30O3/c1-13(2)6-4-8-15-12-22-20-18-16(15)11-10-14(3)7-5-9-17(18)19(21)23-20/h6-7,9,15-16,18-21H,4-5,8,10-12H2,1-3H3. The first-order valence-electron chi connectivity index (χ1n) is 9.00. The highest BCUT2D eigenvalue weighted by atomic mass is 16.7. The van der Waals surface area contributed by atoms with E-state index >= 15 is 0 Å².